The summed E-state index contributed by atoms with van der Waals surface area (Å²) in [5.74, 6) is -3.03. The number of fused-ring (bicyclic) bond motifs is 1. The van der Waals surface area contributed by atoms with Crippen LogP contribution in [0, 0.1) is 5.92 Å². The molecular weight excluding hydrogens is 518 g/mol. The smallest absolute Gasteiger partial charge is 0.341 e. The van der Waals surface area contributed by atoms with Crippen LogP contribution >= 0.6 is 11.6 Å². The van der Waals surface area contributed by atoms with Gasteiger partial charge in [-0.05, 0) is 24.1 Å². The molecule has 1 spiro atoms. The van der Waals surface area contributed by atoms with E-state index in [1.54, 1.807) is 31.2 Å². The third-order valence-corrected chi connectivity index (χ3v) is 7.56. The van der Waals surface area contributed by atoms with Crippen molar-refractivity contribution in [1.29, 1.82) is 0 Å². The van der Waals surface area contributed by atoms with Gasteiger partial charge in [0.15, 0.2) is 12.4 Å². The molecule has 1 aliphatic carbocycles. The van der Waals surface area contributed by atoms with Crippen molar-refractivity contribution in [2.75, 3.05) is 20.8 Å². The summed E-state index contributed by atoms with van der Waals surface area (Å²) in [7, 11) is 2.81. The Bertz CT molecular complexity index is 1410. The maximum atomic E-state index is 14.3. The van der Waals surface area contributed by atoms with Crippen molar-refractivity contribution in [2.24, 2.45) is 5.92 Å². The molecule has 2 N–H and O–H groups in total. The number of aliphatic carboxylic acids is 1. The molecule has 2 aromatic rings. The third kappa shape index (κ3) is 3.78. The number of ether oxygens (including phenoxy) is 4. The van der Waals surface area contributed by atoms with E-state index in [2.05, 4.69) is 5.32 Å². The average Bonchev–Trinajstić information content (AvgIpc) is 3.21. The molecule has 0 aromatic heterocycles. The zero-order valence-corrected chi connectivity index (χ0v) is 21.5. The van der Waals surface area contributed by atoms with Crippen molar-refractivity contribution in [3.8, 4) is 23.0 Å². The maximum absolute atomic E-state index is 14.3. The van der Waals surface area contributed by atoms with Crippen LogP contribution < -0.4 is 24.3 Å². The van der Waals surface area contributed by atoms with Gasteiger partial charge in [0.25, 0.3) is 0 Å². The van der Waals surface area contributed by atoms with E-state index < -0.39 is 41.6 Å². The normalized spacial score (nSPS) is 23.9. The van der Waals surface area contributed by atoms with E-state index in [1.165, 1.54) is 20.3 Å². The van der Waals surface area contributed by atoms with Crippen LogP contribution in [-0.4, -0.2) is 55.0 Å². The van der Waals surface area contributed by atoms with Gasteiger partial charge in [-0.2, -0.15) is 0 Å². The first-order chi connectivity index (χ1) is 18.1. The van der Waals surface area contributed by atoms with E-state index in [1.807, 2.05) is 0 Å². The van der Waals surface area contributed by atoms with Gasteiger partial charge in [-0.15, -0.1) is 0 Å². The highest BCUT2D eigenvalue weighted by molar-refractivity contribution is 6.36. The molecule has 198 valence electrons. The second kappa shape index (κ2) is 9.36. The Kier molecular flexibility index (Phi) is 6.30. The van der Waals surface area contributed by atoms with Crippen molar-refractivity contribution in [1.82, 2.24) is 5.32 Å². The lowest BCUT2D eigenvalue weighted by atomic mass is 9.66. The molecule has 0 saturated carbocycles. The molecular formula is C27H24ClNO9. The Morgan fingerprint density at radius 1 is 1.11 bits per heavy atom. The molecule has 10 nitrogen and oxygen atoms in total. The first-order valence-electron chi connectivity index (χ1n) is 11.8. The number of carboxylic acids is 1. The molecule has 0 saturated heterocycles. The highest BCUT2D eigenvalue weighted by Crippen LogP contribution is 2.55. The Labute approximate surface area is 222 Å². The van der Waals surface area contributed by atoms with E-state index >= 15 is 0 Å². The number of hydrogen-bond acceptors (Lipinski definition) is 8. The van der Waals surface area contributed by atoms with Crippen LogP contribution in [0.4, 0.5) is 0 Å². The predicted molar refractivity (Wildman–Crippen MR) is 133 cm³/mol. The molecule has 2 aromatic carbocycles. The number of halogens is 1. The Balaban J connectivity index is 1.57. The van der Waals surface area contributed by atoms with Crippen LogP contribution in [0.2, 0.25) is 5.02 Å². The van der Waals surface area contributed by atoms with E-state index in [9.17, 15) is 19.2 Å². The molecule has 0 radical (unpaired) electrons. The summed E-state index contributed by atoms with van der Waals surface area (Å²) >= 11 is 6.50. The van der Waals surface area contributed by atoms with Crippen LogP contribution in [0.5, 0.6) is 23.0 Å². The van der Waals surface area contributed by atoms with Crippen molar-refractivity contribution in [3.63, 3.8) is 0 Å². The van der Waals surface area contributed by atoms with Crippen molar-refractivity contribution in [2.45, 2.75) is 31.3 Å². The SMILES string of the molecule is COc1cc(OC)c2c(c1Cl)OC1(C(=O)C3=C(CC1C)NC(=O)CC3c1ccc(OCC(=O)O)cc1)C2=O. The molecule has 1 amide bonds. The molecule has 11 heteroatoms. The summed E-state index contributed by atoms with van der Waals surface area (Å²) in [5, 5.41) is 11.7. The lowest BCUT2D eigenvalue weighted by molar-refractivity contribution is -0.139. The molecule has 3 unspecified atom stereocenters. The molecule has 2 heterocycles. The lowest BCUT2D eigenvalue weighted by Gasteiger charge is -2.41. The zero-order valence-electron chi connectivity index (χ0n) is 20.8. The van der Waals surface area contributed by atoms with Crippen molar-refractivity contribution < 1.29 is 43.2 Å². The standard InChI is InChI=1S/C27H24ClNO9/c1-12-8-16-21(15(9-19(30)29-16)13-4-6-14(7-5-13)37-11-20(31)32)25(33)27(12)26(34)22-17(35-2)10-18(36-3)23(28)24(22)38-27/h4-7,10,12,15H,8-9,11H2,1-3H3,(H,29,30)(H,31,32). The van der Waals surface area contributed by atoms with Gasteiger partial charge in [-0.25, -0.2) is 4.79 Å². The van der Waals surface area contributed by atoms with Gasteiger partial charge in [-0.3, -0.25) is 14.4 Å². The minimum Gasteiger partial charge on any atom is -0.496 e. The van der Waals surface area contributed by atoms with Crippen LogP contribution in [0.1, 0.15) is 41.6 Å². The second-order valence-electron chi connectivity index (χ2n) is 9.35. The average molecular weight is 542 g/mol. The number of carbonyl (C=O) groups excluding carboxylic acids is 3. The van der Waals surface area contributed by atoms with Gasteiger partial charge in [0.2, 0.25) is 23.1 Å². The number of carboxylic acid groups (broad SMARTS) is 1. The minimum absolute atomic E-state index is 0.0217. The largest absolute Gasteiger partial charge is 0.496 e. The Hall–Kier alpha value is -4.05. The van der Waals surface area contributed by atoms with Crippen molar-refractivity contribution in [3.05, 3.63) is 57.8 Å². The molecule has 0 fully saturated rings. The molecule has 0 bridgehead atoms. The molecule has 3 aliphatic rings. The third-order valence-electron chi connectivity index (χ3n) is 7.20. The Morgan fingerprint density at radius 2 is 1.79 bits per heavy atom. The van der Waals surface area contributed by atoms with Crippen molar-refractivity contribution >= 4 is 35.0 Å². The van der Waals surface area contributed by atoms with Crippen LogP contribution in [0.25, 0.3) is 0 Å². The number of allylic oxidation sites excluding steroid dienone is 1. The lowest BCUT2D eigenvalue weighted by Crippen LogP contribution is -2.59. The van der Waals surface area contributed by atoms with Gasteiger partial charge in [0.1, 0.15) is 27.8 Å². The summed E-state index contributed by atoms with van der Waals surface area (Å²) in [6, 6.07) is 7.95. The highest BCUT2D eigenvalue weighted by Gasteiger charge is 2.63. The van der Waals surface area contributed by atoms with Crippen LogP contribution in [0.3, 0.4) is 0 Å². The summed E-state index contributed by atoms with van der Waals surface area (Å²) in [6.07, 6.45) is 0.184. The molecule has 38 heavy (non-hydrogen) atoms. The zero-order chi connectivity index (χ0) is 27.4. The van der Waals surface area contributed by atoms with E-state index in [4.69, 9.17) is 35.7 Å². The number of methoxy groups -OCH3 is 2. The first kappa shape index (κ1) is 25.6. The molecule has 3 atom stereocenters. The summed E-state index contributed by atoms with van der Waals surface area (Å²) in [4.78, 5) is 51.7. The fourth-order valence-electron chi connectivity index (χ4n) is 5.42. The Morgan fingerprint density at radius 3 is 2.42 bits per heavy atom. The van der Waals surface area contributed by atoms with Gasteiger partial charge in [0.05, 0.1) is 14.2 Å². The molecule has 5 rings (SSSR count). The first-order valence-corrected chi connectivity index (χ1v) is 12.2. The number of carbonyl (C=O) groups is 4. The minimum atomic E-state index is -1.89. The second-order valence-corrected chi connectivity index (χ2v) is 9.73. The van der Waals surface area contributed by atoms with Crippen LogP contribution in [0.15, 0.2) is 41.6 Å². The number of Topliss-reactive ketones (excluding diaryl/α,β-unsaturated/α-hetero) is 2. The summed E-state index contributed by atoms with van der Waals surface area (Å²) in [6.45, 7) is 1.21. The van der Waals surface area contributed by atoms with Gasteiger partial charge in [0, 0.05) is 35.6 Å². The van der Waals surface area contributed by atoms with Gasteiger partial charge < -0.3 is 29.4 Å². The number of benzene rings is 2. The van der Waals surface area contributed by atoms with Crippen LogP contribution in [-0.2, 0) is 14.4 Å². The highest BCUT2D eigenvalue weighted by atomic mass is 35.5. The summed E-state index contributed by atoms with van der Waals surface area (Å²) < 4.78 is 22.1. The number of ketones is 2. The van der Waals surface area contributed by atoms with Gasteiger partial charge in [-0.1, -0.05) is 30.7 Å². The van der Waals surface area contributed by atoms with Gasteiger partial charge >= 0.3 is 5.97 Å². The summed E-state index contributed by atoms with van der Waals surface area (Å²) in [5.41, 5.74) is -0.462. The quantitative estimate of drug-likeness (QED) is 0.527. The number of hydrogen-bond donors (Lipinski definition) is 2. The maximum Gasteiger partial charge on any atom is 0.341 e. The number of rotatable bonds is 6. The fraction of sp³-hybridized carbons (Fsp3) is 0.333. The monoisotopic (exact) mass is 541 g/mol. The van der Waals surface area contributed by atoms with E-state index in [0.29, 0.717) is 17.0 Å². The van der Waals surface area contributed by atoms with E-state index in [-0.39, 0.29) is 52.2 Å². The predicted octanol–water partition coefficient (Wildman–Crippen LogP) is 3.30. The van der Waals surface area contributed by atoms with E-state index in [0.717, 1.165) is 0 Å². The fourth-order valence-corrected chi connectivity index (χ4v) is 5.68. The molecule has 2 aliphatic heterocycles. The topological polar surface area (TPSA) is 137 Å². The number of nitrogens with one attached hydrogen (secondary N) is 1. The number of amides is 1.